The third kappa shape index (κ3) is 6.59. The molecule has 7 heterocycles. The molecule has 3 aromatic rings. The second-order valence-electron chi connectivity index (χ2n) is 23.6. The molecular weight excluding hydrogens is 991 g/mol. The summed E-state index contributed by atoms with van der Waals surface area (Å²) in [7, 11) is 9.54. The summed E-state index contributed by atoms with van der Waals surface area (Å²) in [6.07, 6.45) is 6.16. The second kappa shape index (κ2) is 18.5. The third-order valence-electron chi connectivity index (χ3n) is 21.1. The van der Waals surface area contributed by atoms with Gasteiger partial charge in [0.1, 0.15) is 0 Å². The van der Waals surface area contributed by atoms with Gasteiger partial charge in [-0.05, 0) is 133 Å². The summed E-state index contributed by atoms with van der Waals surface area (Å²) in [5.74, 6) is 2.80. The number of likely N-dealkylation sites (tertiary alicyclic amines) is 3. The summed E-state index contributed by atoms with van der Waals surface area (Å²) in [6.45, 7) is 3.54. The maximum Gasteiger partial charge on any atom is 0.207 e. The highest BCUT2D eigenvalue weighted by Crippen LogP contribution is 2.69. The molecule has 6 N–H and O–H groups in total. The third-order valence-corrected chi connectivity index (χ3v) is 21.1. The molecule has 0 amide bonds. The molecule has 3 aromatic carbocycles. The van der Waals surface area contributed by atoms with E-state index in [-0.39, 0.29) is 69.6 Å². The first-order valence-corrected chi connectivity index (χ1v) is 27.1. The zero-order chi connectivity index (χ0) is 52.4. The first-order valence-electron chi connectivity index (χ1n) is 27.1. The van der Waals surface area contributed by atoms with Gasteiger partial charge in [0.05, 0.1) is 73.7 Å². The van der Waals surface area contributed by atoms with Crippen LogP contribution in [0.15, 0.2) is 36.4 Å². The van der Waals surface area contributed by atoms with Crippen LogP contribution in [-0.2, 0) is 54.6 Å². The van der Waals surface area contributed by atoms with E-state index in [4.69, 9.17) is 43.4 Å². The van der Waals surface area contributed by atoms with Crippen molar-refractivity contribution in [3.63, 3.8) is 0 Å². The minimum Gasteiger partial charge on any atom is -0.504 e. The number of piperidine rings is 3. The molecule has 13 aliphatic rings. The molecule has 4 spiro atoms. The van der Waals surface area contributed by atoms with Gasteiger partial charge in [-0.25, -0.2) is 0 Å². The van der Waals surface area contributed by atoms with Gasteiger partial charge in [-0.1, -0.05) is 33.1 Å². The number of aliphatic hydroxyl groups excluding tert-OH is 2. The molecule has 7 fully saturated rings. The van der Waals surface area contributed by atoms with Crippen molar-refractivity contribution >= 4 is 11.6 Å². The number of hydrogen-bond acceptors (Lipinski definition) is 18. The Kier molecular flexibility index (Phi) is 13.0. The first kappa shape index (κ1) is 54.4. The average Bonchev–Trinajstić information content (AvgIpc) is 4.42. The number of ketones is 2. The Labute approximate surface area is 451 Å². The van der Waals surface area contributed by atoms with Gasteiger partial charge in [-0.15, -0.1) is 0 Å². The number of phenolic OH excluding ortho intramolecular Hbond substituents is 1. The Morgan fingerprint density at radius 2 is 0.948 bits per heavy atom. The summed E-state index contributed by atoms with van der Waals surface area (Å²) in [6, 6.07) is 11.8. The number of methoxy groups -OCH3 is 2. The monoisotopic (exact) mass is 1070 g/mol. The van der Waals surface area contributed by atoms with Crippen molar-refractivity contribution in [3.05, 3.63) is 69.8 Å². The van der Waals surface area contributed by atoms with Crippen LogP contribution in [0.25, 0.3) is 0 Å². The summed E-state index contributed by atoms with van der Waals surface area (Å²) < 4.78 is 42.1. The highest BCUT2D eigenvalue weighted by Gasteiger charge is 2.78. The number of ether oxygens (including phenoxy) is 7. The van der Waals surface area contributed by atoms with E-state index in [0.717, 1.165) is 85.5 Å². The Balaban J connectivity index is 0.000000118. The van der Waals surface area contributed by atoms with Crippen molar-refractivity contribution in [2.45, 2.75) is 167 Å². The van der Waals surface area contributed by atoms with E-state index in [1.54, 1.807) is 20.3 Å². The smallest absolute Gasteiger partial charge is 0.207 e. The number of aromatic hydroxyl groups is 1. The van der Waals surface area contributed by atoms with Crippen LogP contribution in [0, 0.1) is 0 Å². The SMILES string of the molecule is C.C.CN1CC[C@]23c4c5ccc(O)c4OC2C(=O)CCC3(O)C1C5.COc1ccc2c3c1OC1C(=O)CCC4(O)C(C2)N(C)CC[C@]314.COc1ccc2c3c1OC1C4(CCC5(O)C(C2)N(C)CC[C@]315)OCCO4.OCCO. The molecule has 9 unspecified atom stereocenters. The van der Waals surface area contributed by atoms with Crippen LogP contribution in [0.1, 0.15) is 106 Å². The normalized spacial score (nSPS) is 38.6. The fraction of sp³-hybridized carbons (Fsp3) is 0.661. The highest BCUT2D eigenvalue weighted by atomic mass is 16.8. The Morgan fingerprint density at radius 1 is 0.545 bits per heavy atom. The summed E-state index contributed by atoms with van der Waals surface area (Å²) in [5, 5.41) is 61.0. The zero-order valence-corrected chi connectivity index (χ0v) is 43.6. The van der Waals surface area contributed by atoms with E-state index in [2.05, 4.69) is 40.9 Å². The number of benzene rings is 3. The number of carbonyl (C=O) groups is 2. The van der Waals surface area contributed by atoms with Gasteiger partial charge in [0.25, 0.3) is 0 Å². The molecule has 420 valence electrons. The first-order chi connectivity index (χ1) is 36.0. The number of phenols is 1. The second-order valence-corrected chi connectivity index (χ2v) is 23.6. The number of likely N-dealkylation sites (N-methyl/N-ethyl adjacent to an activating group) is 3. The summed E-state index contributed by atoms with van der Waals surface area (Å²) in [5.41, 5.74) is 2.18. The molecule has 18 heteroatoms. The standard InChI is InChI=1S/C20H25NO5.C18H21NO4.C17H19NO4.C2H6O2.2CH4/c1-21-8-7-18-15-12-3-4-13(23-2)16(15)26-17(18)20(24-9-10-25-20)6-5-19(18,22)14(21)11-12;1-19-8-7-17-14-10-3-4-12(22-2)15(14)23-16(17)11(20)5-6-18(17,21)13(19)9-10;1-18-7-6-16-13-9-2-3-10(19)14(13)22-15(16)11(20)4-5-17(16,21)12(18)8-9;3-1-2-4;;/h3-4,14,17,22H,5-11H2,1-2H3;3-4,13,16,21H,5-9H2,1-2H3;2-3,12,15,19,21H,4-8H2,1H3;3-4H,1-2H2;2*1H4/t14?,17?,18-,19?;13?,16?,17-,18?;12?,15?,16-,17?;;;/m000.../s1. The van der Waals surface area contributed by atoms with Crippen molar-refractivity contribution in [1.82, 2.24) is 14.7 Å². The van der Waals surface area contributed by atoms with Crippen LogP contribution in [0.4, 0.5) is 0 Å². The quantitative estimate of drug-likeness (QED) is 0.221. The van der Waals surface area contributed by atoms with Crippen LogP contribution in [-0.4, -0.2) is 197 Å². The highest BCUT2D eigenvalue weighted by molar-refractivity contribution is 5.91. The van der Waals surface area contributed by atoms with E-state index in [9.17, 15) is 30.0 Å². The topological polar surface area (TPSA) is 230 Å². The average molecular weight is 1070 g/mol. The van der Waals surface area contributed by atoms with Gasteiger partial charge in [0, 0.05) is 54.1 Å². The lowest BCUT2D eigenvalue weighted by Crippen LogP contribution is -2.79. The van der Waals surface area contributed by atoms with E-state index in [0.29, 0.717) is 75.4 Å². The van der Waals surface area contributed by atoms with E-state index < -0.39 is 51.0 Å². The Morgan fingerprint density at radius 3 is 1.42 bits per heavy atom. The maximum absolute atomic E-state index is 12.7. The molecule has 18 nitrogen and oxygen atoms in total. The van der Waals surface area contributed by atoms with Crippen molar-refractivity contribution in [1.29, 1.82) is 0 Å². The van der Waals surface area contributed by atoms with Gasteiger partial charge in [-0.2, -0.15) is 0 Å². The van der Waals surface area contributed by atoms with Gasteiger partial charge in [0.15, 0.2) is 64.4 Å². The molecule has 4 saturated heterocycles. The molecule has 6 bridgehead atoms. The van der Waals surface area contributed by atoms with Crippen LogP contribution in [0.2, 0.25) is 0 Å². The van der Waals surface area contributed by atoms with Crippen LogP contribution >= 0.6 is 0 Å². The van der Waals surface area contributed by atoms with Gasteiger partial charge >= 0.3 is 0 Å². The van der Waals surface area contributed by atoms with E-state index >= 15 is 0 Å². The van der Waals surface area contributed by atoms with Crippen LogP contribution in [0.3, 0.4) is 0 Å². The lowest BCUT2D eigenvalue weighted by atomic mass is 9.48. The number of Topliss-reactive ketones (excluding diaryl/α,β-unsaturated/α-hetero) is 2. The maximum atomic E-state index is 12.7. The number of hydrogen-bond donors (Lipinski definition) is 6. The number of aliphatic hydroxyl groups is 5. The van der Waals surface area contributed by atoms with Crippen molar-refractivity contribution in [2.75, 3.05) is 81.4 Å². The predicted molar refractivity (Wildman–Crippen MR) is 281 cm³/mol. The lowest BCUT2D eigenvalue weighted by Gasteiger charge is -2.64. The molecule has 0 aromatic heterocycles. The number of carbonyl (C=O) groups excluding carboxylic acids is 2. The van der Waals surface area contributed by atoms with Crippen molar-refractivity contribution in [2.24, 2.45) is 0 Å². The van der Waals surface area contributed by atoms with Crippen molar-refractivity contribution < 1.29 is 73.4 Å². The van der Waals surface area contributed by atoms with Gasteiger partial charge in [0.2, 0.25) is 5.79 Å². The molecule has 16 rings (SSSR count). The number of fused-ring (bicyclic) bond motifs is 1. The molecule has 6 aliphatic carbocycles. The van der Waals surface area contributed by atoms with Crippen molar-refractivity contribution in [3.8, 4) is 34.5 Å². The summed E-state index contributed by atoms with van der Waals surface area (Å²) >= 11 is 0. The molecule has 7 aliphatic heterocycles. The predicted octanol–water partition coefficient (Wildman–Crippen LogP) is 3.26. The fourth-order valence-corrected chi connectivity index (χ4v) is 17.8. The minimum absolute atomic E-state index is 0. The van der Waals surface area contributed by atoms with Gasteiger partial charge in [-0.3, -0.25) is 9.59 Å². The minimum atomic E-state index is -0.954. The molecule has 0 radical (unpaired) electrons. The largest absolute Gasteiger partial charge is 0.504 e. The van der Waals surface area contributed by atoms with Gasteiger partial charge < -0.3 is 78.5 Å². The van der Waals surface area contributed by atoms with Crippen LogP contribution in [0.5, 0.6) is 34.5 Å². The fourth-order valence-electron chi connectivity index (χ4n) is 17.8. The zero-order valence-electron chi connectivity index (χ0n) is 43.6. The lowest BCUT2D eigenvalue weighted by molar-refractivity contribution is -0.295. The number of rotatable bonds is 3. The molecular formula is C59H79N3O15. The van der Waals surface area contributed by atoms with Crippen LogP contribution < -0.4 is 23.7 Å². The van der Waals surface area contributed by atoms with E-state index in [1.807, 2.05) is 25.2 Å². The Hall–Kier alpha value is -4.60. The summed E-state index contributed by atoms with van der Waals surface area (Å²) in [4.78, 5) is 32.0. The number of nitrogens with zero attached hydrogens (tertiary/aromatic N) is 3. The molecule has 77 heavy (non-hydrogen) atoms. The van der Waals surface area contributed by atoms with E-state index in [1.165, 1.54) is 11.1 Å². The molecule has 3 saturated carbocycles. The molecule has 12 atom stereocenters. The Bertz CT molecular complexity index is 2880.